The Labute approximate surface area is 132 Å². The van der Waals surface area contributed by atoms with Crippen molar-refractivity contribution in [3.05, 3.63) is 42.1 Å². The maximum Gasteiger partial charge on any atom is 0.217 e. The van der Waals surface area contributed by atoms with E-state index >= 15 is 0 Å². The topological polar surface area (TPSA) is 20.5 Å². The fraction of sp³-hybridized carbons (Fsp3) is 0.353. The molecule has 3 nitrogen and oxygen atoms in total. The van der Waals surface area contributed by atoms with Crippen LogP contribution in [0.2, 0.25) is 0 Å². The highest BCUT2D eigenvalue weighted by atomic mass is 32.2. The summed E-state index contributed by atoms with van der Waals surface area (Å²) in [4.78, 5) is 9.08. The standard InChI is InChI=1S/C17H23N3S/c1-19(2)14-8-6-13(7-9-14)18-16-11-10-15(20(3)4)12-17(16)21-5/h6,8-12H,7H2,1-5H3/p+1. The van der Waals surface area contributed by atoms with Crippen molar-refractivity contribution in [1.82, 2.24) is 4.90 Å². The summed E-state index contributed by atoms with van der Waals surface area (Å²) < 4.78 is 0. The van der Waals surface area contributed by atoms with Crippen LogP contribution < -0.4 is 9.89 Å². The van der Waals surface area contributed by atoms with Gasteiger partial charge in [0.1, 0.15) is 0 Å². The first kappa shape index (κ1) is 15.7. The molecule has 0 saturated carbocycles. The average Bonchev–Trinajstić information content (AvgIpc) is 2.48. The van der Waals surface area contributed by atoms with Crippen LogP contribution in [0.1, 0.15) is 6.42 Å². The van der Waals surface area contributed by atoms with Crippen molar-refractivity contribution in [2.75, 3.05) is 39.3 Å². The van der Waals surface area contributed by atoms with E-state index in [0.717, 1.165) is 6.42 Å². The lowest BCUT2D eigenvalue weighted by Gasteiger charge is -2.15. The van der Waals surface area contributed by atoms with Crippen LogP contribution in [0.4, 0.5) is 11.4 Å². The van der Waals surface area contributed by atoms with E-state index in [1.54, 1.807) is 11.8 Å². The van der Waals surface area contributed by atoms with Crippen LogP contribution in [-0.4, -0.2) is 45.1 Å². The van der Waals surface area contributed by atoms with Gasteiger partial charge in [-0.15, -0.1) is 11.8 Å². The molecule has 0 spiro atoms. The zero-order chi connectivity index (χ0) is 15.4. The summed E-state index contributed by atoms with van der Waals surface area (Å²) in [7, 11) is 8.28. The van der Waals surface area contributed by atoms with E-state index in [2.05, 4.69) is 85.7 Å². The molecule has 0 fully saturated rings. The van der Waals surface area contributed by atoms with Gasteiger partial charge in [-0.3, -0.25) is 0 Å². The van der Waals surface area contributed by atoms with E-state index in [9.17, 15) is 0 Å². The number of hydrogen-bond donors (Lipinski definition) is 1. The fourth-order valence-electron chi connectivity index (χ4n) is 2.20. The Morgan fingerprint density at radius 2 is 1.81 bits per heavy atom. The smallest absolute Gasteiger partial charge is 0.217 e. The summed E-state index contributed by atoms with van der Waals surface area (Å²) in [5.41, 5.74) is 4.89. The highest BCUT2D eigenvalue weighted by Gasteiger charge is 2.12. The van der Waals surface area contributed by atoms with Crippen LogP contribution in [0.15, 0.2) is 47.0 Å². The minimum absolute atomic E-state index is 0.938. The molecule has 0 aromatic heterocycles. The largest absolute Gasteiger partial charge is 0.378 e. The minimum atomic E-state index is 0.938. The lowest BCUT2D eigenvalue weighted by molar-refractivity contribution is -0.357. The Kier molecular flexibility index (Phi) is 5.12. The molecule has 1 aromatic rings. The Morgan fingerprint density at radius 3 is 2.33 bits per heavy atom. The van der Waals surface area contributed by atoms with Gasteiger partial charge >= 0.3 is 0 Å². The molecule has 0 radical (unpaired) electrons. The van der Waals surface area contributed by atoms with Gasteiger partial charge in [0.2, 0.25) is 5.69 Å². The molecule has 0 atom stereocenters. The third-order valence-corrected chi connectivity index (χ3v) is 4.28. The maximum absolute atomic E-state index is 3.55. The Hall–Kier alpha value is -1.68. The Bertz CT molecular complexity index is 598. The first-order valence-corrected chi connectivity index (χ1v) is 8.27. The van der Waals surface area contributed by atoms with Crippen molar-refractivity contribution in [3.63, 3.8) is 0 Å². The van der Waals surface area contributed by atoms with Gasteiger partial charge in [0.05, 0.1) is 11.3 Å². The quantitative estimate of drug-likeness (QED) is 0.860. The van der Waals surface area contributed by atoms with Gasteiger partial charge in [-0.1, -0.05) is 6.08 Å². The van der Waals surface area contributed by atoms with Crippen molar-refractivity contribution in [1.29, 1.82) is 0 Å². The van der Waals surface area contributed by atoms with Crippen molar-refractivity contribution in [2.45, 2.75) is 11.3 Å². The van der Waals surface area contributed by atoms with Crippen LogP contribution >= 0.6 is 11.8 Å². The molecule has 4 heteroatoms. The van der Waals surface area contributed by atoms with Crippen LogP contribution in [0.5, 0.6) is 0 Å². The molecule has 1 aromatic carbocycles. The number of hydrogen-bond acceptors (Lipinski definition) is 3. The van der Waals surface area contributed by atoms with E-state index in [1.165, 1.54) is 27.7 Å². The molecule has 2 rings (SSSR count). The van der Waals surface area contributed by atoms with Crippen LogP contribution in [0, 0.1) is 0 Å². The van der Waals surface area contributed by atoms with Gasteiger partial charge in [-0.2, -0.15) is 0 Å². The summed E-state index contributed by atoms with van der Waals surface area (Å²) in [6.45, 7) is 0. The van der Waals surface area contributed by atoms with Crippen LogP contribution in [-0.2, 0) is 0 Å². The van der Waals surface area contributed by atoms with Crippen molar-refractivity contribution in [3.8, 4) is 0 Å². The number of nitrogens with zero attached hydrogens (tertiary/aromatic N) is 2. The van der Waals surface area contributed by atoms with E-state index in [-0.39, 0.29) is 0 Å². The number of anilines is 1. The second-order valence-electron chi connectivity index (χ2n) is 5.49. The van der Waals surface area contributed by atoms with Crippen molar-refractivity contribution in [2.24, 2.45) is 0 Å². The van der Waals surface area contributed by atoms with E-state index in [4.69, 9.17) is 0 Å². The summed E-state index contributed by atoms with van der Waals surface area (Å²) in [6, 6.07) is 6.53. The number of rotatable bonds is 4. The molecule has 0 heterocycles. The zero-order valence-electron chi connectivity index (χ0n) is 13.5. The van der Waals surface area contributed by atoms with Gasteiger partial charge in [0.25, 0.3) is 0 Å². The van der Waals surface area contributed by atoms with Gasteiger partial charge in [-0.05, 0) is 24.5 Å². The normalized spacial score (nSPS) is 16.0. The number of benzene rings is 1. The molecule has 1 N–H and O–H groups in total. The molecule has 1 aliphatic carbocycles. The SMILES string of the molecule is CSc1cc(N(C)C)ccc1[NH+]=C1C=CC(N(C)C)=CC1. The molecule has 0 saturated heterocycles. The third-order valence-electron chi connectivity index (χ3n) is 3.50. The maximum atomic E-state index is 3.55. The minimum Gasteiger partial charge on any atom is -0.378 e. The van der Waals surface area contributed by atoms with Gasteiger partial charge in [0, 0.05) is 51.7 Å². The molecule has 1 aliphatic rings. The number of nitrogens with one attached hydrogen (secondary N) is 1. The highest BCUT2D eigenvalue weighted by Crippen LogP contribution is 2.26. The van der Waals surface area contributed by atoms with E-state index in [0.29, 0.717) is 0 Å². The molecule has 21 heavy (non-hydrogen) atoms. The van der Waals surface area contributed by atoms with Crippen molar-refractivity contribution >= 4 is 28.8 Å². The lowest BCUT2D eigenvalue weighted by Crippen LogP contribution is -2.66. The predicted molar refractivity (Wildman–Crippen MR) is 93.7 cm³/mol. The zero-order valence-corrected chi connectivity index (χ0v) is 14.3. The Balaban J connectivity index is 2.24. The summed E-state index contributed by atoms with van der Waals surface area (Å²) in [6.07, 6.45) is 9.62. The van der Waals surface area contributed by atoms with Crippen LogP contribution in [0.25, 0.3) is 0 Å². The average molecular weight is 302 g/mol. The molecule has 0 bridgehead atoms. The summed E-state index contributed by atoms with van der Waals surface area (Å²) in [5.74, 6) is 0. The van der Waals surface area contributed by atoms with Crippen LogP contribution in [0.3, 0.4) is 0 Å². The van der Waals surface area contributed by atoms with Gasteiger partial charge in [-0.25, -0.2) is 4.99 Å². The molecule has 0 amide bonds. The first-order valence-electron chi connectivity index (χ1n) is 7.05. The Morgan fingerprint density at radius 1 is 1.05 bits per heavy atom. The molecule has 112 valence electrons. The van der Waals surface area contributed by atoms with Gasteiger partial charge < -0.3 is 9.80 Å². The highest BCUT2D eigenvalue weighted by molar-refractivity contribution is 7.98. The molecule has 0 unspecified atom stereocenters. The van der Waals surface area contributed by atoms with E-state index in [1.807, 2.05) is 0 Å². The lowest BCUT2D eigenvalue weighted by atomic mass is 10.1. The number of allylic oxidation sites excluding steroid dienone is 3. The fourth-order valence-corrected chi connectivity index (χ4v) is 2.77. The van der Waals surface area contributed by atoms with Gasteiger partial charge in [0.15, 0.2) is 5.71 Å². The van der Waals surface area contributed by atoms with E-state index < -0.39 is 0 Å². The third kappa shape index (κ3) is 3.91. The number of thioether (sulfide) groups is 1. The summed E-state index contributed by atoms with van der Waals surface area (Å²) in [5, 5.41) is 0. The molecular formula is C17H24N3S+. The predicted octanol–water partition coefficient (Wildman–Crippen LogP) is 2.03. The molecular weight excluding hydrogens is 278 g/mol. The summed E-state index contributed by atoms with van der Waals surface area (Å²) >= 11 is 1.77. The van der Waals surface area contributed by atoms with Crippen molar-refractivity contribution < 1.29 is 4.99 Å². The number of likely N-dealkylation sites (N-methyl/N-ethyl adjacent to an activating group) is 1. The first-order chi connectivity index (χ1) is 10.0. The second kappa shape index (κ2) is 6.85. The molecule has 0 aliphatic heterocycles. The second-order valence-corrected chi connectivity index (χ2v) is 6.34. The monoisotopic (exact) mass is 302 g/mol.